The third kappa shape index (κ3) is 3.22. The minimum atomic E-state index is -0.306. The van der Waals surface area contributed by atoms with Gasteiger partial charge in [-0.05, 0) is 36.4 Å². The molecule has 1 aliphatic rings. The molecule has 2 aromatic carbocycles. The third-order valence-corrected chi connectivity index (χ3v) is 3.04. The number of amides is 2. The summed E-state index contributed by atoms with van der Waals surface area (Å²) in [7, 11) is 0. The van der Waals surface area contributed by atoms with Crippen molar-refractivity contribution in [2.75, 3.05) is 18.1 Å². The standard InChI is InChI=1S/C15H14FN3O2/c16-11-4-6-13(7-5-11)21-14-3-1-2-12(10-14)19-9-8-17-15(20)18-19/h1-7,10H,8-9H2,(H2,17,18,20). The molecule has 2 amide bonds. The van der Waals surface area contributed by atoms with Crippen LogP contribution in [-0.2, 0) is 0 Å². The molecule has 5 nitrogen and oxygen atoms in total. The molecule has 108 valence electrons. The molecule has 0 bridgehead atoms. The third-order valence-electron chi connectivity index (χ3n) is 3.04. The second kappa shape index (κ2) is 5.70. The van der Waals surface area contributed by atoms with Gasteiger partial charge in [0, 0.05) is 12.6 Å². The monoisotopic (exact) mass is 287 g/mol. The fraction of sp³-hybridized carbons (Fsp3) is 0.133. The zero-order chi connectivity index (χ0) is 14.7. The van der Waals surface area contributed by atoms with E-state index in [1.54, 1.807) is 23.2 Å². The number of halogens is 1. The van der Waals surface area contributed by atoms with Gasteiger partial charge in [0.2, 0.25) is 0 Å². The van der Waals surface area contributed by atoms with E-state index in [0.29, 0.717) is 24.6 Å². The highest BCUT2D eigenvalue weighted by Gasteiger charge is 2.15. The number of benzene rings is 2. The summed E-state index contributed by atoms with van der Waals surface area (Å²) in [6, 6.07) is 12.9. The minimum absolute atomic E-state index is 0.230. The Hall–Kier alpha value is -2.76. The largest absolute Gasteiger partial charge is 0.457 e. The summed E-state index contributed by atoms with van der Waals surface area (Å²) in [6.07, 6.45) is 0. The van der Waals surface area contributed by atoms with Crippen molar-refractivity contribution in [1.29, 1.82) is 0 Å². The van der Waals surface area contributed by atoms with E-state index in [0.717, 1.165) is 5.69 Å². The van der Waals surface area contributed by atoms with Crippen molar-refractivity contribution in [1.82, 2.24) is 10.7 Å². The number of anilines is 1. The molecule has 1 saturated heterocycles. The highest BCUT2D eigenvalue weighted by atomic mass is 19.1. The maximum atomic E-state index is 12.9. The lowest BCUT2D eigenvalue weighted by atomic mass is 10.2. The second-order valence-corrected chi connectivity index (χ2v) is 4.57. The van der Waals surface area contributed by atoms with E-state index < -0.39 is 0 Å². The van der Waals surface area contributed by atoms with E-state index in [1.165, 1.54) is 12.1 Å². The average Bonchev–Trinajstić information content (AvgIpc) is 2.50. The molecule has 0 radical (unpaired) electrons. The summed E-state index contributed by atoms with van der Waals surface area (Å²) >= 11 is 0. The Balaban J connectivity index is 1.76. The molecule has 1 fully saturated rings. The van der Waals surface area contributed by atoms with E-state index in [2.05, 4.69) is 10.7 Å². The number of hydrazine groups is 1. The summed E-state index contributed by atoms with van der Waals surface area (Å²) in [5, 5.41) is 4.43. The summed E-state index contributed by atoms with van der Waals surface area (Å²) in [4.78, 5) is 11.3. The Kier molecular flexibility index (Phi) is 3.59. The smallest absolute Gasteiger partial charge is 0.333 e. The van der Waals surface area contributed by atoms with Gasteiger partial charge in [-0.3, -0.25) is 5.01 Å². The molecular weight excluding hydrogens is 273 g/mol. The Morgan fingerprint density at radius 1 is 1.10 bits per heavy atom. The van der Waals surface area contributed by atoms with Crippen molar-refractivity contribution in [3.63, 3.8) is 0 Å². The first-order chi connectivity index (χ1) is 10.2. The van der Waals surface area contributed by atoms with E-state index in [9.17, 15) is 9.18 Å². The van der Waals surface area contributed by atoms with Crippen LogP contribution in [0.15, 0.2) is 48.5 Å². The van der Waals surface area contributed by atoms with Gasteiger partial charge in [0.25, 0.3) is 0 Å². The number of carbonyl (C=O) groups is 1. The lowest BCUT2D eigenvalue weighted by Gasteiger charge is -2.29. The molecule has 1 heterocycles. The van der Waals surface area contributed by atoms with Crippen LogP contribution < -0.4 is 20.5 Å². The van der Waals surface area contributed by atoms with E-state index >= 15 is 0 Å². The number of hydrogen-bond acceptors (Lipinski definition) is 3. The molecular formula is C15H14FN3O2. The summed E-state index contributed by atoms with van der Waals surface area (Å²) in [5.41, 5.74) is 3.53. The number of hydrogen-bond donors (Lipinski definition) is 2. The van der Waals surface area contributed by atoms with Crippen LogP contribution in [0.5, 0.6) is 11.5 Å². The molecule has 0 aromatic heterocycles. The highest BCUT2D eigenvalue weighted by molar-refractivity contribution is 5.77. The fourth-order valence-corrected chi connectivity index (χ4v) is 2.05. The first-order valence-electron chi connectivity index (χ1n) is 6.56. The predicted octanol–water partition coefficient (Wildman–Crippen LogP) is 2.65. The Labute approximate surface area is 121 Å². The SMILES string of the molecule is O=C1NCCN(c2cccc(Oc3ccc(F)cc3)c2)N1. The first-order valence-corrected chi connectivity index (χ1v) is 6.56. The first kappa shape index (κ1) is 13.2. The van der Waals surface area contributed by atoms with E-state index in [4.69, 9.17) is 4.74 Å². The van der Waals surface area contributed by atoms with Gasteiger partial charge in [0.05, 0.1) is 12.2 Å². The number of carbonyl (C=O) groups excluding carboxylic acids is 1. The molecule has 0 atom stereocenters. The van der Waals surface area contributed by atoms with Gasteiger partial charge in [0.1, 0.15) is 17.3 Å². The number of urea groups is 1. The van der Waals surface area contributed by atoms with Crippen LogP contribution in [0.2, 0.25) is 0 Å². The number of nitrogens with zero attached hydrogens (tertiary/aromatic N) is 1. The summed E-state index contributed by atoms with van der Waals surface area (Å²) in [5.74, 6) is 0.865. The van der Waals surface area contributed by atoms with Crippen LogP contribution in [0, 0.1) is 5.82 Å². The van der Waals surface area contributed by atoms with E-state index in [-0.39, 0.29) is 11.8 Å². The lowest BCUT2D eigenvalue weighted by molar-refractivity contribution is 0.236. The lowest BCUT2D eigenvalue weighted by Crippen LogP contribution is -2.56. The van der Waals surface area contributed by atoms with Crippen LogP contribution in [0.3, 0.4) is 0 Å². The molecule has 21 heavy (non-hydrogen) atoms. The highest BCUT2D eigenvalue weighted by Crippen LogP contribution is 2.25. The molecule has 2 N–H and O–H groups in total. The number of rotatable bonds is 3. The topological polar surface area (TPSA) is 53.6 Å². The van der Waals surface area contributed by atoms with Crippen LogP contribution in [0.4, 0.5) is 14.9 Å². The fourth-order valence-electron chi connectivity index (χ4n) is 2.05. The predicted molar refractivity (Wildman–Crippen MR) is 76.8 cm³/mol. The average molecular weight is 287 g/mol. The molecule has 0 spiro atoms. The number of ether oxygens (including phenoxy) is 1. The molecule has 0 unspecified atom stereocenters. The van der Waals surface area contributed by atoms with Crippen molar-refractivity contribution in [3.05, 3.63) is 54.3 Å². The van der Waals surface area contributed by atoms with Crippen molar-refractivity contribution in [2.24, 2.45) is 0 Å². The maximum absolute atomic E-state index is 12.9. The van der Waals surface area contributed by atoms with Crippen molar-refractivity contribution < 1.29 is 13.9 Å². The van der Waals surface area contributed by atoms with Crippen LogP contribution >= 0.6 is 0 Å². The Morgan fingerprint density at radius 3 is 2.67 bits per heavy atom. The molecule has 0 saturated carbocycles. The van der Waals surface area contributed by atoms with Crippen LogP contribution in [-0.4, -0.2) is 19.1 Å². The van der Waals surface area contributed by atoms with E-state index in [1.807, 2.05) is 18.2 Å². The zero-order valence-electron chi connectivity index (χ0n) is 11.2. The molecule has 2 aromatic rings. The minimum Gasteiger partial charge on any atom is -0.457 e. The number of nitrogens with one attached hydrogen (secondary N) is 2. The molecule has 1 aliphatic heterocycles. The van der Waals surface area contributed by atoms with Crippen molar-refractivity contribution in [3.8, 4) is 11.5 Å². The normalized spacial score (nSPS) is 14.3. The van der Waals surface area contributed by atoms with Gasteiger partial charge in [-0.15, -0.1) is 0 Å². The van der Waals surface area contributed by atoms with Gasteiger partial charge in [-0.25, -0.2) is 14.6 Å². The summed E-state index contributed by atoms with van der Waals surface area (Å²) < 4.78 is 18.5. The second-order valence-electron chi connectivity index (χ2n) is 4.57. The Bertz CT molecular complexity index is 646. The van der Waals surface area contributed by atoms with Crippen molar-refractivity contribution >= 4 is 11.7 Å². The zero-order valence-corrected chi connectivity index (χ0v) is 11.2. The Morgan fingerprint density at radius 2 is 1.90 bits per heavy atom. The van der Waals surface area contributed by atoms with Gasteiger partial charge in [-0.2, -0.15) is 0 Å². The molecule has 3 rings (SSSR count). The van der Waals surface area contributed by atoms with Gasteiger partial charge in [0.15, 0.2) is 0 Å². The molecule has 6 heteroatoms. The van der Waals surface area contributed by atoms with Gasteiger partial charge < -0.3 is 10.1 Å². The quantitative estimate of drug-likeness (QED) is 0.912. The molecule has 0 aliphatic carbocycles. The maximum Gasteiger partial charge on any atom is 0.333 e. The summed E-state index contributed by atoms with van der Waals surface area (Å²) in [6.45, 7) is 1.24. The van der Waals surface area contributed by atoms with Crippen LogP contribution in [0.1, 0.15) is 0 Å². The van der Waals surface area contributed by atoms with Gasteiger partial charge >= 0.3 is 6.03 Å². The van der Waals surface area contributed by atoms with Crippen molar-refractivity contribution in [2.45, 2.75) is 0 Å². The van der Waals surface area contributed by atoms with Gasteiger partial charge in [-0.1, -0.05) is 6.07 Å². The van der Waals surface area contributed by atoms with Crippen LogP contribution in [0.25, 0.3) is 0 Å².